The summed E-state index contributed by atoms with van der Waals surface area (Å²) in [5, 5.41) is 3.27. The maximum Gasteiger partial charge on any atom is 0.119 e. The van der Waals surface area contributed by atoms with Gasteiger partial charge in [0.2, 0.25) is 0 Å². The molecule has 0 aliphatic rings. The minimum Gasteiger partial charge on any atom is -0.497 e. The normalized spacial score (nSPS) is 12.2. The van der Waals surface area contributed by atoms with Crippen molar-refractivity contribution in [3.63, 3.8) is 0 Å². The van der Waals surface area contributed by atoms with Crippen molar-refractivity contribution in [1.29, 1.82) is 0 Å². The summed E-state index contributed by atoms with van der Waals surface area (Å²) < 4.78 is 5.22. The molecule has 4 nitrogen and oxygen atoms in total. The van der Waals surface area contributed by atoms with Gasteiger partial charge < -0.3 is 10.1 Å². The highest BCUT2D eigenvalue weighted by Crippen LogP contribution is 2.25. The molecule has 0 saturated carbocycles. The van der Waals surface area contributed by atoms with Crippen LogP contribution >= 0.6 is 0 Å². The summed E-state index contributed by atoms with van der Waals surface area (Å²) in [6.07, 6.45) is 5.17. The van der Waals surface area contributed by atoms with E-state index in [0.29, 0.717) is 0 Å². The molecule has 0 aliphatic heterocycles. The first-order valence-electron chi connectivity index (χ1n) is 5.84. The van der Waals surface area contributed by atoms with Gasteiger partial charge in [-0.25, -0.2) is 0 Å². The van der Waals surface area contributed by atoms with Gasteiger partial charge in [-0.3, -0.25) is 9.97 Å². The molecule has 4 heteroatoms. The molecule has 1 N–H and O–H groups in total. The summed E-state index contributed by atoms with van der Waals surface area (Å²) in [6.45, 7) is 2.07. The van der Waals surface area contributed by atoms with Crippen molar-refractivity contribution < 1.29 is 4.74 Å². The van der Waals surface area contributed by atoms with Crippen molar-refractivity contribution in [3.05, 3.63) is 53.6 Å². The number of hydrogen-bond donors (Lipinski definition) is 1. The van der Waals surface area contributed by atoms with Gasteiger partial charge in [0.1, 0.15) is 5.75 Å². The van der Waals surface area contributed by atoms with Crippen LogP contribution in [0, 0.1) is 6.92 Å². The topological polar surface area (TPSA) is 47.0 Å². The number of aromatic nitrogens is 2. The first kappa shape index (κ1) is 12.5. The summed E-state index contributed by atoms with van der Waals surface area (Å²) in [7, 11) is 3.59. The Morgan fingerprint density at radius 2 is 2.11 bits per heavy atom. The Bertz CT molecular complexity index is 514. The molecular formula is C14H17N3O. The van der Waals surface area contributed by atoms with Gasteiger partial charge in [0, 0.05) is 12.4 Å². The highest BCUT2D eigenvalue weighted by Gasteiger charge is 2.15. The average Bonchev–Trinajstić information content (AvgIpc) is 2.42. The second-order valence-electron chi connectivity index (χ2n) is 4.07. The van der Waals surface area contributed by atoms with E-state index < -0.39 is 0 Å². The summed E-state index contributed by atoms with van der Waals surface area (Å²) in [4.78, 5) is 8.47. The predicted molar refractivity (Wildman–Crippen MR) is 70.7 cm³/mol. The Hall–Kier alpha value is -1.94. The number of nitrogens with zero attached hydrogens (tertiary/aromatic N) is 2. The number of methoxy groups -OCH3 is 1. The van der Waals surface area contributed by atoms with E-state index in [1.165, 1.54) is 11.1 Å². The molecule has 94 valence electrons. The van der Waals surface area contributed by atoms with Crippen LogP contribution in [-0.4, -0.2) is 24.1 Å². The van der Waals surface area contributed by atoms with Crippen molar-refractivity contribution in [2.45, 2.75) is 13.0 Å². The molecule has 0 amide bonds. The molecule has 1 heterocycles. The van der Waals surface area contributed by atoms with Crippen LogP contribution in [0.4, 0.5) is 0 Å². The third-order valence-corrected chi connectivity index (χ3v) is 2.96. The number of ether oxygens (including phenoxy) is 1. The van der Waals surface area contributed by atoms with Gasteiger partial charge in [-0.2, -0.15) is 0 Å². The molecular weight excluding hydrogens is 226 g/mol. The van der Waals surface area contributed by atoms with Crippen LogP contribution in [0.1, 0.15) is 22.9 Å². The number of hydrogen-bond acceptors (Lipinski definition) is 4. The van der Waals surface area contributed by atoms with Crippen molar-refractivity contribution >= 4 is 0 Å². The van der Waals surface area contributed by atoms with Gasteiger partial charge in [0.05, 0.1) is 25.0 Å². The van der Waals surface area contributed by atoms with Gasteiger partial charge in [-0.15, -0.1) is 0 Å². The lowest BCUT2D eigenvalue weighted by atomic mass is 9.99. The quantitative estimate of drug-likeness (QED) is 0.893. The van der Waals surface area contributed by atoms with Crippen molar-refractivity contribution in [2.24, 2.45) is 0 Å². The minimum absolute atomic E-state index is 0.0459. The molecule has 0 aliphatic carbocycles. The number of nitrogens with one attached hydrogen (secondary N) is 1. The molecule has 1 aromatic heterocycles. The Morgan fingerprint density at radius 1 is 1.28 bits per heavy atom. The molecule has 0 spiro atoms. The number of benzene rings is 1. The molecule has 18 heavy (non-hydrogen) atoms. The standard InChI is InChI=1S/C14H17N3O/c1-10-8-11(18-3)4-5-12(10)14(15-2)13-9-16-6-7-17-13/h4-9,14-15H,1-3H3. The van der Waals surface area contributed by atoms with E-state index in [0.717, 1.165) is 11.4 Å². The zero-order valence-electron chi connectivity index (χ0n) is 10.8. The molecule has 2 rings (SSSR count). The Balaban J connectivity index is 2.39. The van der Waals surface area contributed by atoms with E-state index in [1.807, 2.05) is 19.2 Å². The summed E-state index contributed by atoms with van der Waals surface area (Å²) in [5.41, 5.74) is 3.26. The zero-order chi connectivity index (χ0) is 13.0. The first-order valence-corrected chi connectivity index (χ1v) is 5.84. The lowest BCUT2D eigenvalue weighted by Crippen LogP contribution is -2.20. The fourth-order valence-electron chi connectivity index (χ4n) is 2.02. The first-order chi connectivity index (χ1) is 8.76. The van der Waals surface area contributed by atoms with Crippen LogP contribution in [-0.2, 0) is 0 Å². The van der Waals surface area contributed by atoms with Crippen LogP contribution in [0.5, 0.6) is 5.75 Å². The largest absolute Gasteiger partial charge is 0.497 e. The lowest BCUT2D eigenvalue weighted by Gasteiger charge is -2.18. The Labute approximate surface area is 107 Å². The number of aryl methyl sites for hydroxylation is 1. The average molecular weight is 243 g/mol. The third-order valence-electron chi connectivity index (χ3n) is 2.96. The molecule has 1 aromatic carbocycles. The summed E-state index contributed by atoms with van der Waals surface area (Å²) in [5.74, 6) is 0.866. The third kappa shape index (κ3) is 2.49. The molecule has 2 aromatic rings. The van der Waals surface area contributed by atoms with Gasteiger partial charge in [-0.1, -0.05) is 6.07 Å². The second kappa shape index (κ2) is 5.60. The molecule has 0 fully saturated rings. The zero-order valence-corrected chi connectivity index (χ0v) is 10.8. The molecule has 1 atom stereocenters. The molecule has 1 unspecified atom stereocenters. The highest BCUT2D eigenvalue weighted by atomic mass is 16.5. The summed E-state index contributed by atoms with van der Waals surface area (Å²) in [6, 6.07) is 6.09. The van der Waals surface area contributed by atoms with E-state index >= 15 is 0 Å². The van der Waals surface area contributed by atoms with Gasteiger partial charge in [0.25, 0.3) is 0 Å². The summed E-state index contributed by atoms with van der Waals surface area (Å²) >= 11 is 0. The van der Waals surface area contributed by atoms with E-state index in [1.54, 1.807) is 25.7 Å². The van der Waals surface area contributed by atoms with Crippen molar-refractivity contribution in [1.82, 2.24) is 15.3 Å². The SMILES string of the molecule is CNC(c1cnccn1)c1ccc(OC)cc1C. The minimum atomic E-state index is 0.0459. The predicted octanol–water partition coefficient (Wildman–Crippen LogP) is 2.10. The van der Waals surface area contributed by atoms with E-state index in [2.05, 4.69) is 28.3 Å². The Kier molecular flexibility index (Phi) is 3.89. The highest BCUT2D eigenvalue weighted by molar-refractivity contribution is 5.39. The van der Waals surface area contributed by atoms with Crippen molar-refractivity contribution in [2.75, 3.05) is 14.2 Å². The maximum atomic E-state index is 5.22. The van der Waals surface area contributed by atoms with Crippen LogP contribution in [0.25, 0.3) is 0 Å². The van der Waals surface area contributed by atoms with Crippen molar-refractivity contribution in [3.8, 4) is 5.75 Å². The van der Waals surface area contributed by atoms with E-state index in [4.69, 9.17) is 4.74 Å². The fourth-order valence-corrected chi connectivity index (χ4v) is 2.02. The maximum absolute atomic E-state index is 5.22. The van der Waals surface area contributed by atoms with Crippen LogP contribution < -0.4 is 10.1 Å². The van der Waals surface area contributed by atoms with Crippen LogP contribution in [0.15, 0.2) is 36.8 Å². The monoisotopic (exact) mass is 243 g/mol. The number of rotatable bonds is 4. The lowest BCUT2D eigenvalue weighted by molar-refractivity contribution is 0.414. The second-order valence-corrected chi connectivity index (χ2v) is 4.07. The molecule has 0 saturated heterocycles. The van der Waals surface area contributed by atoms with E-state index in [-0.39, 0.29) is 6.04 Å². The van der Waals surface area contributed by atoms with Gasteiger partial charge in [-0.05, 0) is 37.2 Å². The van der Waals surface area contributed by atoms with Crippen LogP contribution in [0.2, 0.25) is 0 Å². The smallest absolute Gasteiger partial charge is 0.119 e. The Morgan fingerprint density at radius 3 is 2.67 bits per heavy atom. The van der Waals surface area contributed by atoms with E-state index in [9.17, 15) is 0 Å². The van der Waals surface area contributed by atoms with Gasteiger partial charge in [0.15, 0.2) is 0 Å². The molecule has 0 radical (unpaired) electrons. The molecule has 0 bridgehead atoms. The van der Waals surface area contributed by atoms with Gasteiger partial charge >= 0.3 is 0 Å². The fraction of sp³-hybridized carbons (Fsp3) is 0.286. The van der Waals surface area contributed by atoms with Crippen LogP contribution in [0.3, 0.4) is 0 Å².